The first-order valence-electron chi connectivity index (χ1n) is 6.61. The fourth-order valence-corrected chi connectivity index (χ4v) is 1.74. The number of benzene rings is 1. The molecule has 0 bridgehead atoms. The van der Waals surface area contributed by atoms with E-state index in [1.807, 2.05) is 50.2 Å². The van der Waals surface area contributed by atoms with Gasteiger partial charge >= 0.3 is 0 Å². The Morgan fingerprint density at radius 3 is 2.74 bits per heavy atom. The standard InChI is InChI=1S/C15H23N3O/c1-4-15(17,12-16)9-6-10-19-14-8-5-7-13(11-14)18(2)3/h5,7-8,11H,4,6,9-10,17H2,1-3H3. The largest absolute Gasteiger partial charge is 0.494 e. The minimum atomic E-state index is -0.713. The van der Waals surface area contributed by atoms with E-state index in [2.05, 4.69) is 6.07 Å². The molecular formula is C15H23N3O. The first-order valence-corrected chi connectivity index (χ1v) is 6.61. The van der Waals surface area contributed by atoms with Crippen molar-refractivity contribution in [1.82, 2.24) is 0 Å². The van der Waals surface area contributed by atoms with E-state index >= 15 is 0 Å². The highest BCUT2D eigenvalue weighted by Gasteiger charge is 2.20. The highest BCUT2D eigenvalue weighted by atomic mass is 16.5. The van der Waals surface area contributed by atoms with Crippen LogP contribution in [0.3, 0.4) is 0 Å². The van der Waals surface area contributed by atoms with Crippen LogP contribution in [0.25, 0.3) is 0 Å². The number of ether oxygens (including phenoxy) is 1. The van der Waals surface area contributed by atoms with Gasteiger partial charge in [0.1, 0.15) is 11.3 Å². The van der Waals surface area contributed by atoms with E-state index in [0.717, 1.165) is 17.9 Å². The Balaban J connectivity index is 2.42. The predicted molar refractivity (Wildman–Crippen MR) is 78.3 cm³/mol. The lowest BCUT2D eigenvalue weighted by Gasteiger charge is -2.19. The minimum Gasteiger partial charge on any atom is -0.494 e. The van der Waals surface area contributed by atoms with E-state index in [9.17, 15) is 0 Å². The molecule has 0 radical (unpaired) electrons. The Morgan fingerprint density at radius 2 is 2.16 bits per heavy atom. The molecule has 0 fully saturated rings. The number of hydrogen-bond acceptors (Lipinski definition) is 4. The molecule has 0 saturated heterocycles. The molecule has 0 aliphatic heterocycles. The molecule has 1 rings (SSSR count). The lowest BCUT2D eigenvalue weighted by molar-refractivity contribution is 0.291. The molecule has 4 nitrogen and oxygen atoms in total. The molecule has 0 aliphatic carbocycles. The number of nitrogens with two attached hydrogens (primary N) is 1. The van der Waals surface area contributed by atoms with Crippen LogP contribution in [0.5, 0.6) is 5.75 Å². The Bertz CT molecular complexity index is 439. The van der Waals surface area contributed by atoms with Crippen molar-refractivity contribution in [3.8, 4) is 11.8 Å². The summed E-state index contributed by atoms with van der Waals surface area (Å²) in [6.07, 6.45) is 2.11. The Labute approximate surface area is 115 Å². The molecular weight excluding hydrogens is 238 g/mol. The quantitative estimate of drug-likeness (QED) is 0.766. The SMILES string of the molecule is CCC(N)(C#N)CCCOc1cccc(N(C)C)c1. The number of nitriles is 1. The fourth-order valence-electron chi connectivity index (χ4n) is 1.74. The molecule has 2 N–H and O–H groups in total. The normalized spacial score (nSPS) is 13.4. The van der Waals surface area contributed by atoms with E-state index in [1.165, 1.54) is 0 Å². The van der Waals surface area contributed by atoms with E-state index in [1.54, 1.807) is 0 Å². The van der Waals surface area contributed by atoms with E-state index < -0.39 is 5.54 Å². The first-order chi connectivity index (χ1) is 9.00. The lowest BCUT2D eigenvalue weighted by Crippen LogP contribution is -2.37. The third-order valence-electron chi connectivity index (χ3n) is 3.22. The maximum Gasteiger partial charge on any atom is 0.121 e. The molecule has 0 aliphatic rings. The number of anilines is 1. The maximum atomic E-state index is 8.98. The molecule has 1 aromatic carbocycles. The van der Waals surface area contributed by atoms with Crippen molar-refractivity contribution in [1.29, 1.82) is 5.26 Å². The summed E-state index contributed by atoms with van der Waals surface area (Å²) >= 11 is 0. The second kappa shape index (κ2) is 7.01. The van der Waals surface area contributed by atoms with Crippen LogP contribution >= 0.6 is 0 Å². The number of hydrogen-bond donors (Lipinski definition) is 1. The molecule has 0 aromatic heterocycles. The van der Waals surface area contributed by atoms with Crippen molar-refractivity contribution in [3.05, 3.63) is 24.3 Å². The van der Waals surface area contributed by atoms with Crippen molar-refractivity contribution in [3.63, 3.8) is 0 Å². The molecule has 0 heterocycles. The molecule has 19 heavy (non-hydrogen) atoms. The number of nitrogens with zero attached hydrogens (tertiary/aromatic N) is 2. The molecule has 0 saturated carbocycles. The molecule has 1 unspecified atom stereocenters. The van der Waals surface area contributed by atoms with Crippen LogP contribution in [0.2, 0.25) is 0 Å². The second-order valence-electron chi connectivity index (χ2n) is 4.97. The first kappa shape index (κ1) is 15.3. The topological polar surface area (TPSA) is 62.3 Å². The predicted octanol–water partition coefficient (Wildman–Crippen LogP) is 2.54. The molecule has 0 spiro atoms. The highest BCUT2D eigenvalue weighted by molar-refractivity contribution is 5.49. The zero-order valence-corrected chi connectivity index (χ0v) is 12.0. The Kier molecular flexibility index (Phi) is 5.65. The van der Waals surface area contributed by atoms with Gasteiger partial charge in [-0.2, -0.15) is 5.26 Å². The molecule has 104 valence electrons. The molecule has 1 atom stereocenters. The van der Waals surface area contributed by atoms with Crippen molar-refractivity contribution in [2.75, 3.05) is 25.6 Å². The lowest BCUT2D eigenvalue weighted by atomic mass is 9.94. The van der Waals surface area contributed by atoms with Gasteiger partial charge in [0, 0.05) is 25.8 Å². The number of rotatable bonds is 7. The smallest absolute Gasteiger partial charge is 0.121 e. The van der Waals surface area contributed by atoms with Crippen LogP contribution in [0.1, 0.15) is 26.2 Å². The molecule has 1 aromatic rings. The summed E-state index contributed by atoms with van der Waals surface area (Å²) in [5, 5.41) is 8.98. The van der Waals surface area contributed by atoms with Gasteiger partial charge in [-0.1, -0.05) is 13.0 Å². The van der Waals surface area contributed by atoms with E-state index in [4.69, 9.17) is 15.7 Å². The average Bonchev–Trinajstić information content (AvgIpc) is 2.43. The van der Waals surface area contributed by atoms with Gasteiger partial charge in [-0.05, 0) is 31.4 Å². The van der Waals surface area contributed by atoms with E-state index in [-0.39, 0.29) is 0 Å². The van der Waals surface area contributed by atoms with Gasteiger partial charge < -0.3 is 15.4 Å². The molecule has 0 amide bonds. The Hall–Kier alpha value is -1.73. The van der Waals surface area contributed by atoms with Crippen LogP contribution in [-0.4, -0.2) is 26.2 Å². The third kappa shape index (κ3) is 4.80. The van der Waals surface area contributed by atoms with E-state index in [0.29, 0.717) is 19.4 Å². The molecule has 4 heteroatoms. The van der Waals surface area contributed by atoms with Crippen molar-refractivity contribution in [2.24, 2.45) is 5.73 Å². The summed E-state index contributed by atoms with van der Waals surface area (Å²) in [7, 11) is 3.99. The second-order valence-corrected chi connectivity index (χ2v) is 4.97. The van der Waals surface area contributed by atoms with Crippen LogP contribution < -0.4 is 15.4 Å². The van der Waals surface area contributed by atoms with Gasteiger partial charge in [-0.3, -0.25) is 0 Å². The van der Waals surface area contributed by atoms with Crippen molar-refractivity contribution in [2.45, 2.75) is 31.7 Å². The van der Waals surface area contributed by atoms with Crippen LogP contribution in [0, 0.1) is 11.3 Å². The summed E-state index contributed by atoms with van der Waals surface area (Å²) in [5.41, 5.74) is 6.31. The zero-order valence-electron chi connectivity index (χ0n) is 12.0. The van der Waals surface area contributed by atoms with Crippen LogP contribution in [-0.2, 0) is 0 Å². The maximum absolute atomic E-state index is 8.98. The van der Waals surface area contributed by atoms with Crippen LogP contribution in [0.15, 0.2) is 24.3 Å². The van der Waals surface area contributed by atoms with Gasteiger partial charge in [0.25, 0.3) is 0 Å². The average molecular weight is 261 g/mol. The third-order valence-corrected chi connectivity index (χ3v) is 3.22. The van der Waals surface area contributed by atoms with Gasteiger partial charge in [-0.25, -0.2) is 0 Å². The zero-order chi connectivity index (χ0) is 14.3. The van der Waals surface area contributed by atoms with Gasteiger partial charge in [0.05, 0.1) is 12.7 Å². The summed E-state index contributed by atoms with van der Waals surface area (Å²) < 4.78 is 5.69. The van der Waals surface area contributed by atoms with Gasteiger partial charge in [0.15, 0.2) is 0 Å². The highest BCUT2D eigenvalue weighted by Crippen LogP contribution is 2.20. The fraction of sp³-hybridized carbons (Fsp3) is 0.533. The monoisotopic (exact) mass is 261 g/mol. The van der Waals surface area contributed by atoms with Crippen molar-refractivity contribution >= 4 is 5.69 Å². The van der Waals surface area contributed by atoms with Gasteiger partial charge in [0.2, 0.25) is 0 Å². The minimum absolute atomic E-state index is 0.581. The van der Waals surface area contributed by atoms with Crippen molar-refractivity contribution < 1.29 is 4.74 Å². The summed E-state index contributed by atoms with van der Waals surface area (Å²) in [5.74, 6) is 0.849. The summed E-state index contributed by atoms with van der Waals surface area (Å²) in [6.45, 7) is 2.52. The summed E-state index contributed by atoms with van der Waals surface area (Å²) in [4.78, 5) is 2.03. The summed E-state index contributed by atoms with van der Waals surface area (Å²) in [6, 6.07) is 10.1. The van der Waals surface area contributed by atoms with Crippen LogP contribution in [0.4, 0.5) is 5.69 Å². The Morgan fingerprint density at radius 1 is 1.42 bits per heavy atom. The van der Waals surface area contributed by atoms with Gasteiger partial charge in [-0.15, -0.1) is 0 Å².